The van der Waals surface area contributed by atoms with Gasteiger partial charge < -0.3 is 24.8 Å². The number of hydrogen-bond donors (Lipinski definition) is 2. The molecule has 8 nitrogen and oxygen atoms in total. The third kappa shape index (κ3) is 7.08. The summed E-state index contributed by atoms with van der Waals surface area (Å²) >= 11 is 1.28. The van der Waals surface area contributed by atoms with Gasteiger partial charge in [-0.1, -0.05) is 27.7 Å². The molecule has 1 aromatic rings. The van der Waals surface area contributed by atoms with E-state index in [2.05, 4.69) is 33.0 Å². The molecule has 2 heterocycles. The van der Waals surface area contributed by atoms with Gasteiger partial charge >= 0.3 is 12.1 Å². The Morgan fingerprint density at radius 2 is 1.63 bits per heavy atom. The Morgan fingerprint density at radius 1 is 1.00 bits per heavy atom. The molecular weight excluding hydrogens is 504 g/mol. The van der Waals surface area contributed by atoms with E-state index in [1.54, 1.807) is 0 Å². The smallest absolute Gasteiger partial charge is 0.407 e. The minimum atomic E-state index is -0.984. The lowest BCUT2D eigenvalue weighted by Crippen LogP contribution is -2.49. The zero-order chi connectivity index (χ0) is 27.4. The van der Waals surface area contributed by atoms with E-state index in [1.807, 2.05) is 11.0 Å². The van der Waals surface area contributed by atoms with Gasteiger partial charge in [-0.25, -0.2) is 9.59 Å². The van der Waals surface area contributed by atoms with E-state index in [0.717, 1.165) is 56.2 Å². The van der Waals surface area contributed by atoms with Crippen LogP contribution in [0.1, 0.15) is 106 Å². The van der Waals surface area contributed by atoms with Gasteiger partial charge in [0, 0.05) is 35.7 Å². The standard InChI is InChI=1S/C29H44N2O6S/c1-18-5-7-19(8-6-18)26(32)31(23-17-24(29(2,3)4)38-25(23)27(33)34)21-11-9-20(10-12-21)30-28(35)37-22-13-15-36-16-14-22/h17-22H,5-16H2,1-4H3,(H,30,35)(H,33,34). The molecule has 212 valence electrons. The molecule has 3 fully saturated rings. The summed E-state index contributed by atoms with van der Waals surface area (Å²) < 4.78 is 10.9. The normalized spacial score (nSPS) is 26.9. The van der Waals surface area contributed by atoms with E-state index < -0.39 is 5.97 Å². The maximum atomic E-state index is 14.1. The van der Waals surface area contributed by atoms with Crippen molar-refractivity contribution in [1.82, 2.24) is 5.32 Å². The summed E-state index contributed by atoms with van der Waals surface area (Å²) in [4.78, 5) is 41.9. The molecule has 2 N–H and O–H groups in total. The highest BCUT2D eigenvalue weighted by molar-refractivity contribution is 7.14. The van der Waals surface area contributed by atoms with Crippen LogP contribution in [0.2, 0.25) is 0 Å². The van der Waals surface area contributed by atoms with Crippen molar-refractivity contribution in [2.45, 2.75) is 116 Å². The first kappa shape index (κ1) is 28.9. The van der Waals surface area contributed by atoms with Crippen LogP contribution in [0.5, 0.6) is 0 Å². The molecule has 1 aromatic heterocycles. The molecule has 4 rings (SSSR count). The highest BCUT2D eigenvalue weighted by atomic mass is 32.1. The summed E-state index contributed by atoms with van der Waals surface area (Å²) in [5.74, 6) is -0.371. The SMILES string of the molecule is CC1CCC(C(=O)N(c2cc(C(C)(C)C)sc2C(=O)O)C2CCC(NC(=O)OC3CCOCC3)CC2)CC1. The average Bonchev–Trinajstić information content (AvgIpc) is 3.32. The van der Waals surface area contributed by atoms with E-state index in [1.165, 1.54) is 11.3 Å². The molecule has 1 saturated heterocycles. The van der Waals surface area contributed by atoms with Gasteiger partial charge in [0.05, 0.1) is 18.9 Å². The molecule has 38 heavy (non-hydrogen) atoms. The lowest BCUT2D eigenvalue weighted by Gasteiger charge is -2.39. The van der Waals surface area contributed by atoms with Crippen LogP contribution < -0.4 is 10.2 Å². The van der Waals surface area contributed by atoms with Crippen LogP contribution in [0.3, 0.4) is 0 Å². The fraction of sp³-hybridized carbons (Fsp3) is 0.759. The molecule has 1 aliphatic heterocycles. The number of carbonyl (C=O) groups excluding carboxylic acids is 2. The van der Waals surface area contributed by atoms with Crippen molar-refractivity contribution in [3.05, 3.63) is 15.8 Å². The summed E-state index contributed by atoms with van der Waals surface area (Å²) in [6.45, 7) is 9.67. The number of amides is 2. The molecule has 9 heteroatoms. The van der Waals surface area contributed by atoms with Crippen molar-refractivity contribution in [3.63, 3.8) is 0 Å². The highest BCUT2D eigenvalue weighted by Crippen LogP contribution is 2.41. The van der Waals surface area contributed by atoms with E-state index >= 15 is 0 Å². The molecule has 3 aliphatic rings. The van der Waals surface area contributed by atoms with Crippen molar-refractivity contribution in [3.8, 4) is 0 Å². The van der Waals surface area contributed by atoms with Crippen LogP contribution in [0.4, 0.5) is 10.5 Å². The Labute approximate surface area is 230 Å². The predicted octanol–water partition coefficient (Wildman–Crippen LogP) is 6.12. The van der Waals surface area contributed by atoms with E-state index in [0.29, 0.717) is 37.7 Å². The first-order valence-corrected chi connectivity index (χ1v) is 15.1. The number of nitrogens with zero attached hydrogens (tertiary/aromatic N) is 1. The van der Waals surface area contributed by atoms with Crippen molar-refractivity contribution < 1.29 is 29.0 Å². The zero-order valence-corrected chi connectivity index (χ0v) is 24.1. The Hall–Kier alpha value is -2.13. The Kier molecular flexibility index (Phi) is 9.40. The average molecular weight is 549 g/mol. The third-order valence-corrected chi connectivity index (χ3v) is 9.87. The molecule has 2 saturated carbocycles. The van der Waals surface area contributed by atoms with E-state index in [4.69, 9.17) is 9.47 Å². The maximum Gasteiger partial charge on any atom is 0.407 e. The van der Waals surface area contributed by atoms with Crippen LogP contribution in [0.15, 0.2) is 6.07 Å². The molecule has 0 bridgehead atoms. The van der Waals surface area contributed by atoms with Crippen LogP contribution in [-0.2, 0) is 19.7 Å². The number of aromatic carboxylic acids is 1. The number of ether oxygens (including phenoxy) is 2. The first-order chi connectivity index (χ1) is 18.0. The second kappa shape index (κ2) is 12.4. The third-order valence-electron chi connectivity index (χ3n) is 8.33. The van der Waals surface area contributed by atoms with Gasteiger partial charge in [-0.15, -0.1) is 11.3 Å². The fourth-order valence-electron chi connectivity index (χ4n) is 5.91. The number of rotatable bonds is 6. The highest BCUT2D eigenvalue weighted by Gasteiger charge is 2.38. The monoisotopic (exact) mass is 548 g/mol. The maximum absolute atomic E-state index is 14.1. The second-order valence-electron chi connectivity index (χ2n) is 12.4. The van der Waals surface area contributed by atoms with Crippen LogP contribution >= 0.6 is 11.3 Å². The number of thiophene rings is 1. The second-order valence-corrected chi connectivity index (χ2v) is 13.5. The van der Waals surface area contributed by atoms with Gasteiger partial charge in [-0.05, 0) is 68.8 Å². The number of alkyl carbamates (subject to hydrolysis) is 1. The minimum absolute atomic E-state index is 0.0161. The Balaban J connectivity index is 1.50. The molecule has 0 spiro atoms. The van der Waals surface area contributed by atoms with E-state index in [9.17, 15) is 19.5 Å². The fourth-order valence-corrected chi connectivity index (χ4v) is 6.95. The van der Waals surface area contributed by atoms with Gasteiger partial charge in [0.1, 0.15) is 11.0 Å². The van der Waals surface area contributed by atoms with Gasteiger partial charge in [0.2, 0.25) is 5.91 Å². The Bertz CT molecular complexity index is 980. The van der Waals surface area contributed by atoms with Crippen LogP contribution in [0, 0.1) is 11.8 Å². The quantitative estimate of drug-likeness (QED) is 0.444. The largest absolute Gasteiger partial charge is 0.477 e. The topological polar surface area (TPSA) is 105 Å². The van der Waals surface area contributed by atoms with Crippen LogP contribution in [0.25, 0.3) is 0 Å². The van der Waals surface area contributed by atoms with Crippen molar-refractivity contribution in [2.75, 3.05) is 18.1 Å². The Morgan fingerprint density at radius 3 is 2.21 bits per heavy atom. The van der Waals surface area contributed by atoms with Crippen molar-refractivity contribution >= 4 is 35.0 Å². The number of carbonyl (C=O) groups is 3. The molecule has 2 amide bonds. The summed E-state index contributed by atoms with van der Waals surface area (Å²) in [6.07, 6.45) is 7.57. The summed E-state index contributed by atoms with van der Waals surface area (Å²) in [7, 11) is 0. The van der Waals surface area contributed by atoms with Gasteiger partial charge in [0.15, 0.2) is 0 Å². The van der Waals surface area contributed by atoms with Gasteiger partial charge in [-0.3, -0.25) is 4.79 Å². The predicted molar refractivity (Wildman–Crippen MR) is 148 cm³/mol. The number of anilines is 1. The summed E-state index contributed by atoms with van der Waals surface area (Å²) in [5.41, 5.74) is 0.334. The number of hydrogen-bond acceptors (Lipinski definition) is 6. The zero-order valence-electron chi connectivity index (χ0n) is 23.3. The molecule has 0 atom stereocenters. The molecule has 0 aromatic carbocycles. The summed E-state index contributed by atoms with van der Waals surface area (Å²) in [5, 5.41) is 13.1. The van der Waals surface area contributed by atoms with E-state index in [-0.39, 0.29) is 46.4 Å². The molecule has 2 aliphatic carbocycles. The minimum Gasteiger partial charge on any atom is -0.477 e. The number of nitrogens with one attached hydrogen (secondary N) is 1. The lowest BCUT2D eigenvalue weighted by molar-refractivity contribution is -0.124. The first-order valence-electron chi connectivity index (χ1n) is 14.3. The molecule has 0 radical (unpaired) electrons. The summed E-state index contributed by atoms with van der Waals surface area (Å²) in [6, 6.07) is 1.83. The molecular formula is C29H44N2O6S. The van der Waals surface area contributed by atoms with Crippen LogP contribution in [-0.4, -0.2) is 54.5 Å². The number of carboxylic acid groups (broad SMARTS) is 1. The van der Waals surface area contributed by atoms with Gasteiger partial charge in [-0.2, -0.15) is 0 Å². The van der Waals surface area contributed by atoms with Crippen molar-refractivity contribution in [2.24, 2.45) is 11.8 Å². The van der Waals surface area contributed by atoms with Crippen molar-refractivity contribution in [1.29, 1.82) is 0 Å². The number of carboxylic acids is 1. The lowest BCUT2D eigenvalue weighted by atomic mass is 9.81. The molecule has 0 unspecified atom stereocenters. The van der Waals surface area contributed by atoms with Gasteiger partial charge in [0.25, 0.3) is 0 Å².